The molecule has 0 spiro atoms. The topological polar surface area (TPSA) is 43.9 Å². The number of nitrogens with zero attached hydrogens (tertiary/aromatic N) is 3. The highest BCUT2D eigenvalue weighted by Crippen LogP contribution is 2.40. The molecule has 6 heteroatoms. The molecule has 5 nitrogen and oxygen atoms in total. The Hall–Kier alpha value is -2.18. The fourth-order valence-electron chi connectivity index (χ4n) is 5.97. The zero-order valence-electron chi connectivity index (χ0n) is 22.5. The molecular formula is C30H43N3O2S. The van der Waals surface area contributed by atoms with E-state index in [0.29, 0.717) is 13.1 Å². The lowest BCUT2D eigenvalue weighted by atomic mass is 9.89. The van der Waals surface area contributed by atoms with Crippen LogP contribution in [0.4, 0.5) is 0 Å². The SMILES string of the molecule is CCCC[C@H](CC)C(=O)N1CCCN(C(=O)[C@@H](C)N2CCc3sccc3[C@H]2c2ccccc2C)CC1. The number of carbonyl (C=O) groups excluding carboxylic acids is 2. The van der Waals surface area contributed by atoms with Crippen molar-refractivity contribution in [3.8, 4) is 0 Å². The number of rotatable bonds is 8. The molecule has 2 aliphatic heterocycles. The summed E-state index contributed by atoms with van der Waals surface area (Å²) in [5, 5.41) is 2.19. The molecule has 3 heterocycles. The summed E-state index contributed by atoms with van der Waals surface area (Å²) >= 11 is 1.83. The second-order valence-electron chi connectivity index (χ2n) is 10.5. The van der Waals surface area contributed by atoms with Crippen LogP contribution in [0.1, 0.15) is 80.5 Å². The first-order valence-electron chi connectivity index (χ1n) is 13.9. The summed E-state index contributed by atoms with van der Waals surface area (Å²) in [4.78, 5) is 34.9. The van der Waals surface area contributed by atoms with Crippen LogP contribution in [0.3, 0.4) is 0 Å². The van der Waals surface area contributed by atoms with Gasteiger partial charge in [0.15, 0.2) is 0 Å². The van der Waals surface area contributed by atoms with Gasteiger partial charge in [-0.1, -0.05) is 51.0 Å². The molecular weight excluding hydrogens is 466 g/mol. The lowest BCUT2D eigenvalue weighted by Crippen LogP contribution is -2.51. The van der Waals surface area contributed by atoms with Gasteiger partial charge in [0.25, 0.3) is 0 Å². The molecule has 0 bridgehead atoms. The summed E-state index contributed by atoms with van der Waals surface area (Å²) in [7, 11) is 0. The molecule has 196 valence electrons. The Labute approximate surface area is 221 Å². The van der Waals surface area contributed by atoms with Crippen LogP contribution in [0, 0.1) is 12.8 Å². The maximum atomic E-state index is 13.9. The van der Waals surface area contributed by atoms with Crippen molar-refractivity contribution >= 4 is 23.2 Å². The standard InChI is InChI=1S/C30H43N3O2S/c1-5-7-12-24(6-2)30(35)32-17-10-16-31(19-20-32)29(34)23(4)33-18-14-27-26(15-21-36-27)28(33)25-13-9-8-11-22(25)3/h8-9,11,13,15,21,23-24,28H,5-7,10,12,14,16-20H2,1-4H3/t23-,24+,28-/m1/s1. The zero-order chi connectivity index (χ0) is 25.7. The smallest absolute Gasteiger partial charge is 0.239 e. The fraction of sp³-hybridized carbons (Fsp3) is 0.600. The van der Waals surface area contributed by atoms with E-state index in [1.165, 1.54) is 21.6 Å². The van der Waals surface area contributed by atoms with Crippen molar-refractivity contribution in [2.75, 3.05) is 32.7 Å². The van der Waals surface area contributed by atoms with Gasteiger partial charge in [-0.25, -0.2) is 0 Å². The van der Waals surface area contributed by atoms with E-state index in [1.54, 1.807) is 0 Å². The minimum absolute atomic E-state index is 0.106. The van der Waals surface area contributed by atoms with E-state index in [0.717, 1.165) is 58.2 Å². The van der Waals surface area contributed by atoms with Gasteiger partial charge in [-0.2, -0.15) is 0 Å². The van der Waals surface area contributed by atoms with Gasteiger partial charge in [0.2, 0.25) is 11.8 Å². The molecule has 0 radical (unpaired) electrons. The molecule has 2 amide bonds. The summed E-state index contributed by atoms with van der Waals surface area (Å²) in [6.45, 7) is 12.2. The number of benzene rings is 1. The number of aryl methyl sites for hydroxylation is 1. The molecule has 0 saturated carbocycles. The average molecular weight is 510 g/mol. The third-order valence-electron chi connectivity index (χ3n) is 8.21. The molecule has 1 aromatic heterocycles. The Morgan fingerprint density at radius 2 is 1.69 bits per heavy atom. The molecule has 0 aliphatic carbocycles. The van der Waals surface area contributed by atoms with E-state index in [4.69, 9.17) is 0 Å². The van der Waals surface area contributed by atoms with Gasteiger partial charge < -0.3 is 9.80 Å². The highest BCUT2D eigenvalue weighted by atomic mass is 32.1. The van der Waals surface area contributed by atoms with Gasteiger partial charge in [-0.15, -0.1) is 11.3 Å². The molecule has 1 saturated heterocycles. The molecule has 2 aromatic rings. The van der Waals surface area contributed by atoms with Crippen molar-refractivity contribution in [1.29, 1.82) is 0 Å². The maximum Gasteiger partial charge on any atom is 0.239 e. The Morgan fingerprint density at radius 3 is 2.39 bits per heavy atom. The van der Waals surface area contributed by atoms with Crippen LogP contribution in [0.25, 0.3) is 0 Å². The van der Waals surface area contributed by atoms with E-state index in [1.807, 2.05) is 21.1 Å². The van der Waals surface area contributed by atoms with Gasteiger partial charge in [-0.05, 0) is 67.7 Å². The predicted octanol–water partition coefficient (Wildman–Crippen LogP) is 5.67. The quantitative estimate of drug-likeness (QED) is 0.461. The molecule has 4 rings (SSSR count). The minimum Gasteiger partial charge on any atom is -0.341 e. The maximum absolute atomic E-state index is 13.9. The molecule has 0 N–H and O–H groups in total. The highest BCUT2D eigenvalue weighted by molar-refractivity contribution is 7.10. The summed E-state index contributed by atoms with van der Waals surface area (Å²) in [5.41, 5.74) is 3.91. The average Bonchev–Trinajstić information content (AvgIpc) is 3.24. The molecule has 2 aliphatic rings. The van der Waals surface area contributed by atoms with Crippen molar-refractivity contribution in [3.63, 3.8) is 0 Å². The predicted molar refractivity (Wildman–Crippen MR) is 148 cm³/mol. The van der Waals surface area contributed by atoms with Crippen molar-refractivity contribution in [2.24, 2.45) is 5.92 Å². The Balaban J connectivity index is 1.47. The van der Waals surface area contributed by atoms with E-state index >= 15 is 0 Å². The third-order valence-corrected chi connectivity index (χ3v) is 9.21. The lowest BCUT2D eigenvalue weighted by Gasteiger charge is -2.41. The first-order chi connectivity index (χ1) is 17.5. The molecule has 36 heavy (non-hydrogen) atoms. The van der Waals surface area contributed by atoms with Gasteiger partial charge in [0, 0.05) is 43.5 Å². The van der Waals surface area contributed by atoms with E-state index in [2.05, 4.69) is 68.3 Å². The first-order valence-corrected chi connectivity index (χ1v) is 14.8. The minimum atomic E-state index is -0.210. The van der Waals surface area contributed by atoms with Crippen LogP contribution in [-0.2, 0) is 16.0 Å². The largest absolute Gasteiger partial charge is 0.341 e. The number of unbranched alkanes of at least 4 members (excludes halogenated alkanes) is 1. The number of carbonyl (C=O) groups is 2. The summed E-state index contributed by atoms with van der Waals surface area (Å²) in [6, 6.07) is 10.7. The number of hydrogen-bond donors (Lipinski definition) is 0. The zero-order valence-corrected chi connectivity index (χ0v) is 23.4. The van der Waals surface area contributed by atoms with Gasteiger partial charge in [0.1, 0.15) is 0 Å². The monoisotopic (exact) mass is 509 g/mol. The van der Waals surface area contributed by atoms with Crippen LogP contribution >= 0.6 is 11.3 Å². The number of thiophene rings is 1. The Kier molecular flexibility index (Phi) is 9.24. The van der Waals surface area contributed by atoms with Crippen LogP contribution in [-0.4, -0.2) is 65.3 Å². The van der Waals surface area contributed by atoms with E-state index in [-0.39, 0.29) is 29.8 Å². The third kappa shape index (κ3) is 5.70. The number of fused-ring (bicyclic) bond motifs is 1. The van der Waals surface area contributed by atoms with Crippen molar-refractivity contribution < 1.29 is 9.59 Å². The van der Waals surface area contributed by atoms with Crippen LogP contribution < -0.4 is 0 Å². The fourth-order valence-corrected chi connectivity index (χ4v) is 6.87. The second kappa shape index (κ2) is 12.4. The van der Waals surface area contributed by atoms with Gasteiger partial charge >= 0.3 is 0 Å². The summed E-state index contributed by atoms with van der Waals surface area (Å²) in [5.74, 6) is 0.600. The molecule has 1 aromatic carbocycles. The highest BCUT2D eigenvalue weighted by Gasteiger charge is 2.37. The van der Waals surface area contributed by atoms with Gasteiger partial charge in [0.05, 0.1) is 12.1 Å². The number of amides is 2. The van der Waals surface area contributed by atoms with Crippen LogP contribution in [0.2, 0.25) is 0 Å². The normalized spacial score (nSPS) is 20.5. The van der Waals surface area contributed by atoms with E-state index in [9.17, 15) is 9.59 Å². The second-order valence-corrected chi connectivity index (χ2v) is 11.5. The van der Waals surface area contributed by atoms with Crippen LogP contribution in [0.5, 0.6) is 0 Å². The van der Waals surface area contributed by atoms with Crippen LogP contribution in [0.15, 0.2) is 35.7 Å². The first kappa shape index (κ1) is 26.9. The summed E-state index contributed by atoms with van der Waals surface area (Å²) < 4.78 is 0. The summed E-state index contributed by atoms with van der Waals surface area (Å²) in [6.07, 6.45) is 5.94. The molecule has 0 unspecified atom stereocenters. The van der Waals surface area contributed by atoms with Gasteiger partial charge in [-0.3, -0.25) is 14.5 Å². The lowest BCUT2D eigenvalue weighted by molar-refractivity contribution is -0.139. The Morgan fingerprint density at radius 1 is 0.972 bits per heavy atom. The Bertz CT molecular complexity index is 1030. The van der Waals surface area contributed by atoms with E-state index < -0.39 is 0 Å². The van der Waals surface area contributed by atoms with Crippen molar-refractivity contribution in [1.82, 2.24) is 14.7 Å². The molecule has 3 atom stereocenters. The van der Waals surface area contributed by atoms with Crippen molar-refractivity contribution in [3.05, 3.63) is 57.3 Å². The van der Waals surface area contributed by atoms with Crippen molar-refractivity contribution in [2.45, 2.75) is 78.3 Å². The molecule has 1 fully saturated rings. The number of hydrogen-bond acceptors (Lipinski definition) is 4.